The summed E-state index contributed by atoms with van der Waals surface area (Å²) in [5.41, 5.74) is 0.646. The first-order chi connectivity index (χ1) is 12.5. The molecule has 0 saturated heterocycles. The number of nitrogens with one attached hydrogen (secondary N) is 1. The molecule has 0 fully saturated rings. The van der Waals surface area contributed by atoms with Gasteiger partial charge in [0.25, 0.3) is 11.6 Å². The molecule has 0 radical (unpaired) electrons. The van der Waals surface area contributed by atoms with Gasteiger partial charge in [-0.05, 0) is 36.6 Å². The summed E-state index contributed by atoms with van der Waals surface area (Å²) in [5, 5.41) is 15.6. The van der Waals surface area contributed by atoms with Gasteiger partial charge in [-0.25, -0.2) is 0 Å². The van der Waals surface area contributed by atoms with Crippen molar-refractivity contribution < 1.29 is 14.5 Å². The minimum Gasteiger partial charge on any atom is -0.347 e. The Morgan fingerprint density at radius 3 is 2.65 bits per heavy atom. The summed E-state index contributed by atoms with van der Waals surface area (Å²) in [6.07, 6.45) is 0. The second-order valence-corrected chi connectivity index (χ2v) is 7.63. The largest absolute Gasteiger partial charge is 0.347 e. The molecule has 2 aromatic heterocycles. The molecule has 6 nitrogen and oxygen atoms in total. The van der Waals surface area contributed by atoms with Gasteiger partial charge in [-0.3, -0.25) is 19.7 Å². The van der Waals surface area contributed by atoms with Crippen molar-refractivity contribution in [3.8, 4) is 0 Å². The van der Waals surface area contributed by atoms with E-state index in [1.54, 1.807) is 37.3 Å². The fourth-order valence-electron chi connectivity index (χ4n) is 2.34. The zero-order valence-corrected chi connectivity index (χ0v) is 15.4. The van der Waals surface area contributed by atoms with Gasteiger partial charge in [0.1, 0.15) is 0 Å². The molecule has 1 N–H and O–H groups in total. The van der Waals surface area contributed by atoms with Crippen molar-refractivity contribution in [3.05, 3.63) is 83.7 Å². The Morgan fingerprint density at radius 2 is 1.96 bits per heavy atom. The van der Waals surface area contributed by atoms with E-state index < -0.39 is 10.8 Å². The Hall–Kier alpha value is -2.84. The van der Waals surface area contributed by atoms with Crippen LogP contribution in [0, 0.1) is 17.0 Å². The summed E-state index contributed by atoms with van der Waals surface area (Å²) >= 11 is 2.71. The number of carbonyl (C=O) groups is 2. The van der Waals surface area contributed by atoms with Gasteiger partial charge in [0.05, 0.1) is 21.2 Å². The van der Waals surface area contributed by atoms with Crippen molar-refractivity contribution in [2.45, 2.75) is 13.5 Å². The van der Waals surface area contributed by atoms with E-state index in [0.29, 0.717) is 15.3 Å². The lowest BCUT2D eigenvalue weighted by atomic mass is 10.1. The van der Waals surface area contributed by atoms with Gasteiger partial charge in [0.15, 0.2) is 0 Å². The highest BCUT2D eigenvalue weighted by atomic mass is 32.1. The molecular weight excluding hydrogens is 372 g/mol. The van der Waals surface area contributed by atoms with Crippen LogP contribution in [-0.4, -0.2) is 16.6 Å². The zero-order valence-electron chi connectivity index (χ0n) is 13.7. The molecule has 132 valence electrons. The van der Waals surface area contributed by atoms with Crippen LogP contribution >= 0.6 is 22.7 Å². The Labute approximate surface area is 157 Å². The van der Waals surface area contributed by atoms with E-state index in [1.165, 1.54) is 28.7 Å². The number of nitro groups is 1. The summed E-state index contributed by atoms with van der Waals surface area (Å²) in [6, 6.07) is 11.5. The molecule has 0 atom stereocenters. The van der Waals surface area contributed by atoms with Crippen molar-refractivity contribution in [1.82, 2.24) is 5.32 Å². The molecular formula is C18H14N2O4S2. The molecule has 2 heterocycles. The number of aryl methyl sites for hydroxylation is 1. The smallest absolute Gasteiger partial charge is 0.273 e. The highest BCUT2D eigenvalue weighted by molar-refractivity contribution is 7.16. The molecule has 3 rings (SSSR count). The predicted molar refractivity (Wildman–Crippen MR) is 101 cm³/mol. The maximum atomic E-state index is 12.3. The number of hydrogen-bond acceptors (Lipinski definition) is 6. The van der Waals surface area contributed by atoms with Crippen LogP contribution < -0.4 is 5.32 Å². The third-order valence-electron chi connectivity index (χ3n) is 3.72. The lowest BCUT2D eigenvalue weighted by Crippen LogP contribution is -2.22. The number of benzene rings is 1. The molecule has 0 aliphatic rings. The predicted octanol–water partition coefficient (Wildman–Crippen LogP) is 4.19. The Balaban J connectivity index is 1.66. The lowest BCUT2D eigenvalue weighted by molar-refractivity contribution is -0.385. The number of rotatable bonds is 6. The molecule has 3 aromatic rings. The topological polar surface area (TPSA) is 89.3 Å². The van der Waals surface area contributed by atoms with Crippen LogP contribution in [-0.2, 0) is 6.54 Å². The van der Waals surface area contributed by atoms with Crippen molar-refractivity contribution in [2.24, 2.45) is 0 Å². The molecule has 0 bridgehead atoms. The zero-order chi connectivity index (χ0) is 18.7. The first kappa shape index (κ1) is 18.0. The lowest BCUT2D eigenvalue weighted by Gasteiger charge is -2.05. The Kier molecular flexibility index (Phi) is 5.24. The molecule has 0 spiro atoms. The Bertz CT molecular complexity index is 977. The van der Waals surface area contributed by atoms with E-state index in [1.807, 2.05) is 11.4 Å². The number of carbonyl (C=O) groups excluding carboxylic acids is 2. The van der Waals surface area contributed by atoms with Gasteiger partial charge in [0, 0.05) is 22.1 Å². The van der Waals surface area contributed by atoms with Crippen LogP contribution in [0.2, 0.25) is 0 Å². The van der Waals surface area contributed by atoms with E-state index in [-0.39, 0.29) is 23.6 Å². The monoisotopic (exact) mass is 386 g/mol. The second kappa shape index (κ2) is 7.59. The summed E-state index contributed by atoms with van der Waals surface area (Å²) < 4.78 is 0. The number of nitrogens with zero attached hydrogens (tertiary/aromatic N) is 1. The first-order valence-electron chi connectivity index (χ1n) is 7.66. The second-order valence-electron chi connectivity index (χ2n) is 5.51. The third kappa shape index (κ3) is 3.87. The minimum atomic E-state index is -0.506. The standard InChI is InChI=1S/C18H14N2O4S2/c1-11-4-5-12(9-14(11)20(23)24)18(22)19-10-13-6-7-16(26-13)17(21)15-3-2-8-25-15/h2-9H,10H2,1H3,(H,19,22). The number of thiophene rings is 2. The summed E-state index contributed by atoms with van der Waals surface area (Å²) in [4.78, 5) is 37.1. The van der Waals surface area contributed by atoms with E-state index in [9.17, 15) is 19.7 Å². The maximum Gasteiger partial charge on any atom is 0.273 e. The Morgan fingerprint density at radius 1 is 1.15 bits per heavy atom. The van der Waals surface area contributed by atoms with Crippen LogP contribution in [0.3, 0.4) is 0 Å². The van der Waals surface area contributed by atoms with Crippen molar-refractivity contribution >= 4 is 40.1 Å². The third-order valence-corrected chi connectivity index (χ3v) is 5.67. The molecule has 1 amide bonds. The van der Waals surface area contributed by atoms with Gasteiger partial charge in [0.2, 0.25) is 5.78 Å². The van der Waals surface area contributed by atoms with E-state index in [2.05, 4.69) is 5.32 Å². The van der Waals surface area contributed by atoms with Crippen LogP contribution in [0.25, 0.3) is 0 Å². The van der Waals surface area contributed by atoms with Gasteiger partial charge < -0.3 is 5.32 Å². The molecule has 8 heteroatoms. The number of ketones is 1. The molecule has 0 aliphatic carbocycles. The number of amides is 1. The molecule has 1 aromatic carbocycles. The van der Waals surface area contributed by atoms with Gasteiger partial charge in [-0.15, -0.1) is 22.7 Å². The summed E-state index contributed by atoms with van der Waals surface area (Å²) in [5.74, 6) is -0.427. The molecule has 0 saturated carbocycles. The highest BCUT2D eigenvalue weighted by Crippen LogP contribution is 2.23. The van der Waals surface area contributed by atoms with Crippen LogP contribution in [0.1, 0.15) is 35.3 Å². The molecule has 26 heavy (non-hydrogen) atoms. The quantitative estimate of drug-likeness (QED) is 0.391. The summed E-state index contributed by atoms with van der Waals surface area (Å²) in [6.45, 7) is 1.88. The fraction of sp³-hybridized carbons (Fsp3) is 0.111. The van der Waals surface area contributed by atoms with Gasteiger partial charge in [-0.2, -0.15) is 0 Å². The van der Waals surface area contributed by atoms with Crippen molar-refractivity contribution in [3.63, 3.8) is 0 Å². The highest BCUT2D eigenvalue weighted by Gasteiger charge is 2.16. The first-order valence-corrected chi connectivity index (χ1v) is 9.35. The van der Waals surface area contributed by atoms with E-state index in [4.69, 9.17) is 0 Å². The summed E-state index contributed by atoms with van der Waals surface area (Å²) in [7, 11) is 0. The average molecular weight is 386 g/mol. The van der Waals surface area contributed by atoms with Crippen molar-refractivity contribution in [1.29, 1.82) is 0 Å². The van der Waals surface area contributed by atoms with Gasteiger partial charge in [-0.1, -0.05) is 12.1 Å². The van der Waals surface area contributed by atoms with Crippen LogP contribution in [0.5, 0.6) is 0 Å². The van der Waals surface area contributed by atoms with Gasteiger partial charge >= 0.3 is 0 Å². The molecule has 0 unspecified atom stereocenters. The fourth-order valence-corrected chi connectivity index (χ4v) is 3.99. The number of hydrogen-bond donors (Lipinski definition) is 1. The average Bonchev–Trinajstić information content (AvgIpc) is 3.31. The SMILES string of the molecule is Cc1ccc(C(=O)NCc2ccc(C(=O)c3cccs3)s2)cc1[N+](=O)[O-]. The van der Waals surface area contributed by atoms with Crippen LogP contribution in [0.15, 0.2) is 47.8 Å². The number of nitro benzene ring substituents is 1. The minimum absolute atomic E-state index is 0.0308. The molecule has 0 aliphatic heterocycles. The van der Waals surface area contributed by atoms with E-state index >= 15 is 0 Å². The van der Waals surface area contributed by atoms with Crippen molar-refractivity contribution in [2.75, 3.05) is 0 Å². The van der Waals surface area contributed by atoms with Crippen LogP contribution in [0.4, 0.5) is 5.69 Å². The van der Waals surface area contributed by atoms with E-state index in [0.717, 1.165) is 4.88 Å². The maximum absolute atomic E-state index is 12.3. The normalized spacial score (nSPS) is 10.5.